The molecule has 2 aliphatic heterocycles. The number of nitrogens with one attached hydrogen (secondary N) is 2. The quantitative estimate of drug-likeness (QED) is 0.201. The minimum absolute atomic E-state index is 0.533. The smallest absolute Gasteiger partial charge is 0.101 e. The first-order valence-electron chi connectivity index (χ1n) is 16.6. The number of hydrogen-bond acceptors (Lipinski definition) is 3. The van der Waals surface area contributed by atoms with Gasteiger partial charge in [-0.2, -0.15) is 5.26 Å². The van der Waals surface area contributed by atoms with Crippen molar-refractivity contribution in [3.8, 4) is 50.6 Å². The Labute approximate surface area is 289 Å². The van der Waals surface area contributed by atoms with Crippen LogP contribution in [0.15, 0.2) is 140 Å². The van der Waals surface area contributed by atoms with Gasteiger partial charge in [0.15, 0.2) is 0 Å². The van der Waals surface area contributed by atoms with Crippen LogP contribution in [0.1, 0.15) is 28.3 Å². The molecule has 5 heteroatoms. The molecule has 0 amide bonds. The van der Waals surface area contributed by atoms with Crippen LogP contribution >= 0.6 is 0 Å². The van der Waals surface area contributed by atoms with Gasteiger partial charge in [-0.15, -0.1) is 0 Å². The maximum atomic E-state index is 10.6. The van der Waals surface area contributed by atoms with Gasteiger partial charge >= 0.3 is 0 Å². The Morgan fingerprint density at radius 2 is 0.760 bits per heavy atom. The summed E-state index contributed by atoms with van der Waals surface area (Å²) in [6.07, 6.45) is 8.28. The number of aromatic amines is 2. The SMILES string of the molecule is N#Cc1cc2[nH]c1c(-c1ccccc1)c1nc(c(-c3ccccc3)c3ccc([nH]3)c(-c3ccccc3)c3nc(c2-c2ccccc2)C=C3)C=C1. The number of fused-ring (bicyclic) bond motifs is 8. The Morgan fingerprint density at radius 1 is 0.400 bits per heavy atom. The average Bonchev–Trinajstić information content (AvgIpc) is 4.00. The number of benzene rings is 4. The summed E-state index contributed by atoms with van der Waals surface area (Å²) in [5, 5.41) is 10.6. The van der Waals surface area contributed by atoms with E-state index in [1.165, 1.54) is 0 Å². The van der Waals surface area contributed by atoms with E-state index in [2.05, 4.69) is 113 Å². The van der Waals surface area contributed by atoms with Crippen molar-refractivity contribution < 1.29 is 0 Å². The van der Waals surface area contributed by atoms with Crippen LogP contribution in [0.5, 0.6) is 0 Å². The molecule has 8 bridgehead atoms. The molecule has 50 heavy (non-hydrogen) atoms. The van der Waals surface area contributed by atoms with E-state index in [1.54, 1.807) is 0 Å². The third kappa shape index (κ3) is 5.04. The summed E-state index contributed by atoms with van der Waals surface area (Å²) in [6, 6.07) is 49.8. The highest BCUT2D eigenvalue weighted by Gasteiger charge is 2.20. The Hall–Kier alpha value is -7.03. The fourth-order valence-electron chi connectivity index (χ4n) is 7.01. The average molecular weight is 640 g/mol. The van der Waals surface area contributed by atoms with Crippen LogP contribution in [-0.4, -0.2) is 19.9 Å². The fourth-order valence-corrected chi connectivity index (χ4v) is 7.01. The van der Waals surface area contributed by atoms with Crippen molar-refractivity contribution in [3.05, 3.63) is 168 Å². The number of H-pyrrole nitrogens is 2. The summed E-state index contributed by atoms with van der Waals surface area (Å²) in [4.78, 5) is 18.1. The lowest BCUT2D eigenvalue weighted by molar-refractivity contribution is 1.31. The van der Waals surface area contributed by atoms with Crippen LogP contribution in [0.25, 0.3) is 90.9 Å². The number of rotatable bonds is 4. The highest BCUT2D eigenvalue weighted by molar-refractivity contribution is 6.01. The van der Waals surface area contributed by atoms with E-state index in [-0.39, 0.29) is 0 Å². The van der Waals surface area contributed by atoms with Crippen LogP contribution in [0.2, 0.25) is 0 Å². The molecule has 2 aliphatic rings. The molecular weight excluding hydrogens is 611 g/mol. The molecule has 0 spiro atoms. The van der Waals surface area contributed by atoms with Gasteiger partial charge in [0.2, 0.25) is 0 Å². The van der Waals surface area contributed by atoms with Crippen molar-refractivity contribution in [1.29, 1.82) is 5.26 Å². The molecule has 9 rings (SSSR count). The van der Waals surface area contributed by atoms with Gasteiger partial charge in [-0.1, -0.05) is 121 Å². The summed E-state index contributed by atoms with van der Waals surface area (Å²) < 4.78 is 0. The summed E-state index contributed by atoms with van der Waals surface area (Å²) in [7, 11) is 0. The lowest BCUT2D eigenvalue weighted by atomic mass is 10.0. The maximum Gasteiger partial charge on any atom is 0.101 e. The van der Waals surface area contributed by atoms with Crippen molar-refractivity contribution >= 4 is 46.4 Å². The van der Waals surface area contributed by atoms with E-state index in [9.17, 15) is 5.26 Å². The first-order valence-corrected chi connectivity index (χ1v) is 16.6. The predicted octanol–water partition coefficient (Wildman–Crippen LogP) is 11.2. The molecule has 0 saturated carbocycles. The molecule has 0 fully saturated rings. The van der Waals surface area contributed by atoms with E-state index in [1.807, 2.05) is 66.7 Å². The zero-order valence-corrected chi connectivity index (χ0v) is 26.9. The molecule has 4 aromatic carbocycles. The Balaban J connectivity index is 1.52. The van der Waals surface area contributed by atoms with Crippen LogP contribution in [-0.2, 0) is 0 Å². The highest BCUT2D eigenvalue weighted by Crippen LogP contribution is 2.39. The largest absolute Gasteiger partial charge is 0.354 e. The summed E-state index contributed by atoms with van der Waals surface area (Å²) in [5.74, 6) is 0. The first-order chi connectivity index (χ1) is 24.7. The lowest BCUT2D eigenvalue weighted by Gasteiger charge is -2.07. The maximum absolute atomic E-state index is 10.6. The van der Waals surface area contributed by atoms with Gasteiger partial charge in [0, 0.05) is 38.8 Å². The number of nitriles is 1. The highest BCUT2D eigenvalue weighted by atomic mass is 14.8. The molecule has 2 N–H and O–H groups in total. The summed E-state index contributed by atoms with van der Waals surface area (Å²) >= 11 is 0. The van der Waals surface area contributed by atoms with Gasteiger partial charge < -0.3 is 9.97 Å². The van der Waals surface area contributed by atoms with Crippen molar-refractivity contribution in [1.82, 2.24) is 19.9 Å². The molecule has 5 heterocycles. The van der Waals surface area contributed by atoms with Gasteiger partial charge in [-0.25, -0.2) is 9.97 Å². The summed E-state index contributed by atoms with van der Waals surface area (Å²) in [6.45, 7) is 0. The van der Waals surface area contributed by atoms with Gasteiger partial charge in [0.1, 0.15) is 6.07 Å². The lowest BCUT2D eigenvalue weighted by Crippen LogP contribution is -1.89. The molecule has 0 radical (unpaired) electrons. The van der Waals surface area contributed by atoms with E-state index in [0.717, 1.165) is 83.8 Å². The minimum Gasteiger partial charge on any atom is -0.354 e. The number of nitrogens with zero attached hydrogens (tertiary/aromatic N) is 3. The van der Waals surface area contributed by atoms with Gasteiger partial charge in [-0.3, -0.25) is 0 Å². The second kappa shape index (κ2) is 12.2. The monoisotopic (exact) mass is 639 g/mol. The van der Waals surface area contributed by atoms with Crippen molar-refractivity contribution in [3.63, 3.8) is 0 Å². The van der Waals surface area contributed by atoms with Crippen LogP contribution in [0.3, 0.4) is 0 Å². The Kier molecular flexibility index (Phi) is 7.11. The molecule has 0 aliphatic carbocycles. The zero-order valence-electron chi connectivity index (χ0n) is 26.9. The normalized spacial score (nSPS) is 11.8. The van der Waals surface area contributed by atoms with Crippen molar-refractivity contribution in [2.45, 2.75) is 0 Å². The molecular formula is C45H29N5. The topological polar surface area (TPSA) is 81.1 Å². The fraction of sp³-hybridized carbons (Fsp3) is 0. The third-order valence-corrected chi connectivity index (χ3v) is 9.24. The van der Waals surface area contributed by atoms with E-state index in [0.29, 0.717) is 11.1 Å². The van der Waals surface area contributed by atoms with E-state index in [4.69, 9.17) is 9.97 Å². The number of aromatic nitrogens is 4. The zero-order chi connectivity index (χ0) is 33.4. The molecule has 0 saturated heterocycles. The second-order valence-corrected chi connectivity index (χ2v) is 12.3. The van der Waals surface area contributed by atoms with Crippen LogP contribution < -0.4 is 0 Å². The standard InChI is InChI=1S/C45H29N5/c46-28-33-27-40-43(31-17-9-3-10-18-31)38-24-23-36(48-38)41(29-13-5-1-6-14-29)34-21-22-35(47-34)42(30-15-7-2-8-16-30)37-25-26-39(49-37)44(45(33)50-40)32-19-11-4-12-20-32/h1-27,47,50H. The van der Waals surface area contributed by atoms with Crippen LogP contribution in [0.4, 0.5) is 0 Å². The second-order valence-electron chi connectivity index (χ2n) is 12.3. The molecule has 5 nitrogen and oxygen atoms in total. The van der Waals surface area contributed by atoms with Crippen molar-refractivity contribution in [2.24, 2.45) is 0 Å². The predicted molar refractivity (Wildman–Crippen MR) is 205 cm³/mol. The van der Waals surface area contributed by atoms with Gasteiger partial charge in [0.25, 0.3) is 0 Å². The third-order valence-electron chi connectivity index (χ3n) is 9.24. The molecule has 7 aromatic rings. The number of hydrogen-bond donors (Lipinski definition) is 2. The van der Waals surface area contributed by atoms with Crippen LogP contribution in [0, 0.1) is 11.3 Å². The molecule has 3 aromatic heterocycles. The van der Waals surface area contributed by atoms with E-state index >= 15 is 0 Å². The van der Waals surface area contributed by atoms with Gasteiger partial charge in [0.05, 0.1) is 33.9 Å². The summed E-state index contributed by atoms with van der Waals surface area (Å²) in [5.41, 5.74) is 15.0. The molecule has 0 atom stereocenters. The molecule has 234 valence electrons. The van der Waals surface area contributed by atoms with Gasteiger partial charge in [-0.05, 0) is 64.8 Å². The van der Waals surface area contributed by atoms with E-state index < -0.39 is 0 Å². The molecule has 0 unspecified atom stereocenters. The Morgan fingerprint density at radius 3 is 1.16 bits per heavy atom. The first kappa shape index (κ1) is 29.1. The minimum atomic E-state index is 0.533. The Bertz CT molecular complexity index is 2680. The van der Waals surface area contributed by atoms with Crippen molar-refractivity contribution in [2.75, 3.05) is 0 Å².